The number of hydrogen-bond donors (Lipinski definition) is 2. The first-order valence-corrected chi connectivity index (χ1v) is 5.90. The number of carboxylic acid groups (broad SMARTS) is 1. The monoisotopic (exact) mass is 227 g/mol. The first-order chi connectivity index (χ1) is 7.70. The highest BCUT2D eigenvalue weighted by atomic mass is 16.6. The summed E-state index contributed by atoms with van der Waals surface area (Å²) in [5.74, 6) is -0.948. The normalized spacial score (nSPS) is 34.6. The van der Waals surface area contributed by atoms with Crippen molar-refractivity contribution in [2.75, 3.05) is 19.8 Å². The smallest absolute Gasteiger partial charge is 0.476 e. The summed E-state index contributed by atoms with van der Waals surface area (Å²) < 4.78 is 10.9. The first-order valence-electron chi connectivity index (χ1n) is 5.90. The molecule has 6 heteroatoms. The van der Waals surface area contributed by atoms with Gasteiger partial charge in [-0.3, -0.25) is 4.79 Å². The fourth-order valence-corrected chi connectivity index (χ4v) is 2.80. The molecule has 0 saturated carbocycles. The van der Waals surface area contributed by atoms with Crippen LogP contribution in [-0.2, 0) is 14.1 Å². The van der Waals surface area contributed by atoms with Crippen molar-refractivity contribution in [3.63, 3.8) is 0 Å². The van der Waals surface area contributed by atoms with Crippen LogP contribution in [0.4, 0.5) is 0 Å². The number of hydrogen-bond acceptors (Lipinski definition) is 4. The molecule has 0 spiro atoms. The molecule has 16 heavy (non-hydrogen) atoms. The third-order valence-electron chi connectivity index (χ3n) is 3.57. The van der Waals surface area contributed by atoms with E-state index in [1.165, 1.54) is 0 Å². The highest BCUT2D eigenvalue weighted by molar-refractivity contribution is 6.48. The van der Waals surface area contributed by atoms with Gasteiger partial charge in [0, 0.05) is 0 Å². The van der Waals surface area contributed by atoms with Crippen LogP contribution in [0.25, 0.3) is 0 Å². The number of carbonyl (C=O) groups is 1. The average Bonchev–Trinajstić information content (AvgIpc) is 2.85. The zero-order valence-corrected chi connectivity index (χ0v) is 9.57. The zero-order chi connectivity index (χ0) is 11.6. The summed E-state index contributed by atoms with van der Waals surface area (Å²) in [6, 6.07) is 0. The van der Waals surface area contributed by atoms with E-state index in [4.69, 9.17) is 9.31 Å². The Morgan fingerprint density at radius 1 is 1.56 bits per heavy atom. The minimum Gasteiger partial charge on any atom is -0.481 e. The Morgan fingerprint density at radius 3 is 2.81 bits per heavy atom. The molecule has 2 atom stereocenters. The molecule has 90 valence electrons. The molecule has 0 aliphatic carbocycles. The predicted octanol–water partition coefficient (Wildman–Crippen LogP) is 0.294. The van der Waals surface area contributed by atoms with Crippen LogP contribution >= 0.6 is 0 Å². The van der Waals surface area contributed by atoms with Gasteiger partial charge in [0.15, 0.2) is 0 Å². The summed E-state index contributed by atoms with van der Waals surface area (Å²) in [7, 11) is -0.398. The Hall–Kier alpha value is -0.585. The Bertz CT molecular complexity index is 270. The minimum atomic E-state index is -0.733. The lowest BCUT2D eigenvalue weighted by molar-refractivity contribution is -0.149. The van der Waals surface area contributed by atoms with Gasteiger partial charge < -0.3 is 19.7 Å². The maximum Gasteiger partial charge on any atom is 0.476 e. The maximum absolute atomic E-state index is 11.5. The highest BCUT2D eigenvalue weighted by Gasteiger charge is 2.55. The van der Waals surface area contributed by atoms with Crippen LogP contribution in [0, 0.1) is 5.41 Å². The summed E-state index contributed by atoms with van der Waals surface area (Å²) in [5.41, 5.74) is -0.718. The molecule has 2 unspecified atom stereocenters. The van der Waals surface area contributed by atoms with Gasteiger partial charge in [-0.15, -0.1) is 0 Å². The molecule has 2 saturated heterocycles. The molecule has 5 nitrogen and oxygen atoms in total. The van der Waals surface area contributed by atoms with Crippen molar-refractivity contribution in [2.45, 2.75) is 32.1 Å². The largest absolute Gasteiger partial charge is 0.481 e. The van der Waals surface area contributed by atoms with Gasteiger partial charge in [0.25, 0.3) is 0 Å². The fraction of sp³-hybridized carbons (Fsp3) is 0.900. The Kier molecular flexibility index (Phi) is 3.52. The van der Waals surface area contributed by atoms with Gasteiger partial charge in [-0.25, -0.2) is 0 Å². The van der Waals surface area contributed by atoms with E-state index in [2.05, 4.69) is 5.32 Å². The molecular weight excluding hydrogens is 209 g/mol. The van der Waals surface area contributed by atoms with Crippen LogP contribution in [0.15, 0.2) is 0 Å². The Balaban J connectivity index is 2.17. The van der Waals surface area contributed by atoms with Gasteiger partial charge in [0.05, 0.1) is 24.6 Å². The van der Waals surface area contributed by atoms with Crippen LogP contribution in [0.3, 0.4) is 0 Å². The number of rotatable bonds is 4. The average molecular weight is 227 g/mol. The van der Waals surface area contributed by atoms with Crippen molar-refractivity contribution in [1.29, 1.82) is 0 Å². The van der Waals surface area contributed by atoms with E-state index in [0.29, 0.717) is 26.1 Å². The van der Waals surface area contributed by atoms with E-state index in [1.54, 1.807) is 0 Å². The molecule has 2 N–H and O–H groups in total. The molecular formula is C10H18BNO4. The predicted molar refractivity (Wildman–Crippen MR) is 59.0 cm³/mol. The molecule has 0 bridgehead atoms. The molecule has 0 aromatic rings. The summed E-state index contributed by atoms with van der Waals surface area (Å²) in [5, 5.41) is 12.7. The third-order valence-corrected chi connectivity index (χ3v) is 3.57. The van der Waals surface area contributed by atoms with E-state index < -0.39 is 18.5 Å². The number of aliphatic carboxylic acids is 1. The van der Waals surface area contributed by atoms with Crippen molar-refractivity contribution in [1.82, 2.24) is 5.32 Å². The Morgan fingerprint density at radius 2 is 2.25 bits per heavy atom. The van der Waals surface area contributed by atoms with Gasteiger partial charge in [-0.2, -0.15) is 0 Å². The lowest BCUT2D eigenvalue weighted by Gasteiger charge is -2.31. The van der Waals surface area contributed by atoms with Crippen molar-refractivity contribution in [3.05, 3.63) is 0 Å². The molecule has 0 radical (unpaired) electrons. The van der Waals surface area contributed by atoms with E-state index in [9.17, 15) is 9.90 Å². The van der Waals surface area contributed by atoms with Crippen LogP contribution in [0.1, 0.15) is 26.2 Å². The molecule has 2 aliphatic heterocycles. The van der Waals surface area contributed by atoms with E-state index >= 15 is 0 Å². The second-order valence-electron chi connectivity index (χ2n) is 4.50. The van der Waals surface area contributed by atoms with Crippen LogP contribution in [0.2, 0.25) is 0 Å². The SMILES string of the molecule is CCCC1(C(=O)O)CCNC1B1OCCO1. The second kappa shape index (κ2) is 4.73. The Labute approximate surface area is 95.6 Å². The summed E-state index contributed by atoms with van der Waals surface area (Å²) in [6.07, 6.45) is 2.18. The van der Waals surface area contributed by atoms with E-state index in [0.717, 1.165) is 13.0 Å². The van der Waals surface area contributed by atoms with Crippen molar-refractivity contribution in [2.24, 2.45) is 5.41 Å². The number of nitrogens with one attached hydrogen (secondary N) is 1. The van der Waals surface area contributed by atoms with Gasteiger partial charge >= 0.3 is 13.1 Å². The van der Waals surface area contributed by atoms with Crippen molar-refractivity contribution in [3.8, 4) is 0 Å². The molecule has 0 amide bonds. The van der Waals surface area contributed by atoms with Crippen molar-refractivity contribution >= 4 is 13.1 Å². The van der Waals surface area contributed by atoms with Crippen LogP contribution < -0.4 is 5.32 Å². The van der Waals surface area contributed by atoms with Crippen LogP contribution in [-0.4, -0.2) is 43.9 Å². The number of carboxylic acids is 1. The zero-order valence-electron chi connectivity index (χ0n) is 9.57. The van der Waals surface area contributed by atoms with Gasteiger partial charge in [-0.05, 0) is 19.4 Å². The highest BCUT2D eigenvalue weighted by Crippen LogP contribution is 2.38. The first kappa shape index (κ1) is 11.9. The molecule has 0 aromatic heterocycles. The molecule has 2 rings (SSSR count). The van der Waals surface area contributed by atoms with Gasteiger partial charge in [0.2, 0.25) is 0 Å². The van der Waals surface area contributed by atoms with E-state index in [-0.39, 0.29) is 5.94 Å². The van der Waals surface area contributed by atoms with E-state index in [1.807, 2.05) is 6.92 Å². The van der Waals surface area contributed by atoms with Crippen LogP contribution in [0.5, 0.6) is 0 Å². The minimum absolute atomic E-state index is 0.215. The summed E-state index contributed by atoms with van der Waals surface area (Å²) in [6.45, 7) is 3.85. The molecule has 2 aliphatic rings. The quantitative estimate of drug-likeness (QED) is 0.676. The van der Waals surface area contributed by atoms with Gasteiger partial charge in [-0.1, -0.05) is 13.3 Å². The van der Waals surface area contributed by atoms with Crippen molar-refractivity contribution < 1.29 is 19.2 Å². The third kappa shape index (κ3) is 1.85. The summed E-state index contributed by atoms with van der Waals surface area (Å²) in [4.78, 5) is 11.5. The maximum atomic E-state index is 11.5. The lowest BCUT2D eigenvalue weighted by atomic mass is 9.61. The second-order valence-corrected chi connectivity index (χ2v) is 4.50. The molecule has 2 heterocycles. The topological polar surface area (TPSA) is 67.8 Å². The summed E-state index contributed by atoms with van der Waals surface area (Å²) >= 11 is 0. The molecule has 0 aromatic carbocycles. The lowest BCUT2D eigenvalue weighted by Crippen LogP contribution is -2.53. The standard InChI is InChI=1S/C10H18BNO4/c1-2-3-10(9(13)14)4-5-12-8(10)11-15-6-7-16-11/h8,12H,2-7H2,1H3,(H,13,14). The molecule has 2 fully saturated rings. The fourth-order valence-electron chi connectivity index (χ4n) is 2.80. The van der Waals surface area contributed by atoms with Gasteiger partial charge in [0.1, 0.15) is 0 Å².